The van der Waals surface area contributed by atoms with Crippen LogP contribution in [0.4, 0.5) is 5.69 Å². The summed E-state index contributed by atoms with van der Waals surface area (Å²) in [5, 5.41) is 13.1. The average Bonchev–Trinajstić information content (AvgIpc) is 2.73. The summed E-state index contributed by atoms with van der Waals surface area (Å²) in [6, 6.07) is 20.1. The SMILES string of the molecule is COc1cc(/C=N/Nc2ccc(C(=O)O)cc2)ccc1OCc1cccc(C)c1. The molecule has 0 aromatic heterocycles. The van der Waals surface area contributed by atoms with Crippen molar-refractivity contribution in [2.24, 2.45) is 5.10 Å². The van der Waals surface area contributed by atoms with E-state index in [1.807, 2.05) is 43.3 Å². The molecular formula is C23H22N2O4. The largest absolute Gasteiger partial charge is 0.493 e. The number of aromatic carboxylic acids is 1. The second-order valence-electron chi connectivity index (χ2n) is 6.44. The van der Waals surface area contributed by atoms with Gasteiger partial charge in [-0.15, -0.1) is 0 Å². The number of benzene rings is 3. The Morgan fingerprint density at radius 2 is 1.86 bits per heavy atom. The Labute approximate surface area is 169 Å². The van der Waals surface area contributed by atoms with Gasteiger partial charge in [-0.05, 0) is 60.5 Å². The summed E-state index contributed by atoms with van der Waals surface area (Å²) in [6.45, 7) is 2.51. The summed E-state index contributed by atoms with van der Waals surface area (Å²) < 4.78 is 11.3. The minimum atomic E-state index is -0.961. The zero-order valence-electron chi connectivity index (χ0n) is 16.3. The minimum absolute atomic E-state index is 0.227. The lowest BCUT2D eigenvalue weighted by molar-refractivity contribution is 0.0697. The maximum Gasteiger partial charge on any atom is 0.335 e. The van der Waals surface area contributed by atoms with Crippen LogP contribution in [-0.4, -0.2) is 24.4 Å². The fourth-order valence-electron chi connectivity index (χ4n) is 2.72. The average molecular weight is 390 g/mol. The maximum absolute atomic E-state index is 10.9. The van der Waals surface area contributed by atoms with Crippen molar-refractivity contribution in [3.05, 3.63) is 89.0 Å². The van der Waals surface area contributed by atoms with Crippen molar-refractivity contribution in [3.63, 3.8) is 0 Å². The third-order valence-corrected chi connectivity index (χ3v) is 4.20. The normalized spacial score (nSPS) is 10.7. The van der Waals surface area contributed by atoms with Gasteiger partial charge in [0.1, 0.15) is 6.61 Å². The summed E-state index contributed by atoms with van der Waals surface area (Å²) in [5.41, 5.74) is 6.90. The predicted molar refractivity (Wildman–Crippen MR) is 113 cm³/mol. The van der Waals surface area contributed by atoms with Crippen molar-refractivity contribution in [3.8, 4) is 11.5 Å². The molecule has 0 amide bonds. The van der Waals surface area contributed by atoms with Crippen LogP contribution in [0.2, 0.25) is 0 Å². The number of hydrogen-bond acceptors (Lipinski definition) is 5. The molecule has 148 valence electrons. The molecule has 29 heavy (non-hydrogen) atoms. The first-order chi connectivity index (χ1) is 14.0. The fraction of sp³-hybridized carbons (Fsp3) is 0.130. The molecule has 2 N–H and O–H groups in total. The minimum Gasteiger partial charge on any atom is -0.493 e. The van der Waals surface area contributed by atoms with Crippen LogP contribution in [0.1, 0.15) is 27.0 Å². The van der Waals surface area contributed by atoms with Gasteiger partial charge in [0.05, 0.1) is 24.6 Å². The van der Waals surface area contributed by atoms with Gasteiger partial charge in [-0.3, -0.25) is 5.43 Å². The van der Waals surface area contributed by atoms with E-state index in [1.54, 1.807) is 25.5 Å². The van der Waals surface area contributed by atoms with E-state index in [-0.39, 0.29) is 5.56 Å². The zero-order chi connectivity index (χ0) is 20.6. The summed E-state index contributed by atoms with van der Waals surface area (Å²) in [7, 11) is 1.60. The van der Waals surface area contributed by atoms with Gasteiger partial charge in [0.15, 0.2) is 11.5 Å². The molecule has 0 aliphatic rings. The van der Waals surface area contributed by atoms with Crippen LogP contribution in [0.5, 0.6) is 11.5 Å². The van der Waals surface area contributed by atoms with Crippen LogP contribution in [0.3, 0.4) is 0 Å². The quantitative estimate of drug-likeness (QED) is 0.429. The van der Waals surface area contributed by atoms with Crippen LogP contribution in [0.25, 0.3) is 0 Å². The number of hydrogen-bond donors (Lipinski definition) is 2. The molecule has 0 saturated heterocycles. The number of ether oxygens (including phenoxy) is 2. The van der Waals surface area contributed by atoms with Crippen molar-refractivity contribution in [2.45, 2.75) is 13.5 Å². The molecule has 0 saturated carbocycles. The number of carboxylic acids is 1. The highest BCUT2D eigenvalue weighted by Crippen LogP contribution is 2.28. The van der Waals surface area contributed by atoms with Crippen LogP contribution in [0, 0.1) is 6.92 Å². The van der Waals surface area contributed by atoms with Crippen molar-refractivity contribution in [2.75, 3.05) is 12.5 Å². The topological polar surface area (TPSA) is 80.2 Å². The Morgan fingerprint density at radius 3 is 2.55 bits per heavy atom. The molecular weight excluding hydrogens is 368 g/mol. The van der Waals surface area contributed by atoms with Crippen molar-refractivity contribution in [1.82, 2.24) is 0 Å². The summed E-state index contributed by atoms with van der Waals surface area (Å²) in [5.74, 6) is 0.313. The van der Waals surface area contributed by atoms with Crippen molar-refractivity contribution >= 4 is 17.9 Å². The number of aryl methyl sites for hydroxylation is 1. The van der Waals surface area contributed by atoms with E-state index in [9.17, 15) is 4.79 Å². The first-order valence-corrected chi connectivity index (χ1v) is 9.04. The lowest BCUT2D eigenvalue weighted by Gasteiger charge is -2.11. The molecule has 0 aliphatic carbocycles. The number of rotatable bonds is 8. The van der Waals surface area contributed by atoms with Crippen LogP contribution < -0.4 is 14.9 Å². The number of carboxylic acid groups (broad SMARTS) is 1. The molecule has 0 radical (unpaired) electrons. The van der Waals surface area contributed by atoms with E-state index in [0.717, 1.165) is 11.1 Å². The maximum atomic E-state index is 10.9. The second kappa shape index (κ2) is 9.41. The van der Waals surface area contributed by atoms with Gasteiger partial charge in [0, 0.05) is 0 Å². The molecule has 0 spiro atoms. The molecule has 0 unspecified atom stereocenters. The van der Waals surface area contributed by atoms with E-state index < -0.39 is 5.97 Å². The van der Waals surface area contributed by atoms with Gasteiger partial charge < -0.3 is 14.6 Å². The van der Waals surface area contributed by atoms with Gasteiger partial charge in [0.2, 0.25) is 0 Å². The Hall–Kier alpha value is -3.80. The summed E-state index contributed by atoms with van der Waals surface area (Å²) in [4.78, 5) is 10.9. The first kappa shape index (κ1) is 19.9. The number of nitrogens with one attached hydrogen (secondary N) is 1. The predicted octanol–water partition coefficient (Wildman–Crippen LogP) is 4.73. The number of hydrazone groups is 1. The Morgan fingerprint density at radius 1 is 1.07 bits per heavy atom. The molecule has 0 heterocycles. The monoisotopic (exact) mass is 390 g/mol. The molecule has 3 aromatic rings. The first-order valence-electron chi connectivity index (χ1n) is 9.04. The van der Waals surface area contributed by atoms with Gasteiger partial charge in [-0.1, -0.05) is 29.8 Å². The Bertz CT molecular complexity index is 1010. The highest BCUT2D eigenvalue weighted by atomic mass is 16.5. The third-order valence-electron chi connectivity index (χ3n) is 4.20. The third kappa shape index (κ3) is 5.59. The van der Waals surface area contributed by atoms with Crippen LogP contribution in [-0.2, 0) is 6.61 Å². The smallest absolute Gasteiger partial charge is 0.335 e. The Kier molecular flexibility index (Phi) is 6.47. The number of carbonyl (C=O) groups is 1. The van der Waals surface area contributed by atoms with Gasteiger partial charge >= 0.3 is 5.97 Å². The van der Waals surface area contributed by atoms with Crippen LogP contribution in [0.15, 0.2) is 71.8 Å². The molecule has 3 rings (SSSR count). The Balaban J connectivity index is 1.63. The number of methoxy groups -OCH3 is 1. The molecule has 0 fully saturated rings. The lowest BCUT2D eigenvalue weighted by Crippen LogP contribution is -1.99. The lowest BCUT2D eigenvalue weighted by atomic mass is 10.1. The van der Waals surface area contributed by atoms with Gasteiger partial charge in [0.25, 0.3) is 0 Å². The van der Waals surface area contributed by atoms with E-state index >= 15 is 0 Å². The van der Waals surface area contributed by atoms with E-state index in [0.29, 0.717) is 23.8 Å². The molecule has 0 bridgehead atoms. The highest BCUT2D eigenvalue weighted by Gasteiger charge is 2.06. The van der Waals surface area contributed by atoms with Crippen LogP contribution >= 0.6 is 0 Å². The van der Waals surface area contributed by atoms with Gasteiger partial charge in [-0.25, -0.2) is 4.79 Å². The van der Waals surface area contributed by atoms with E-state index in [4.69, 9.17) is 14.6 Å². The van der Waals surface area contributed by atoms with E-state index in [2.05, 4.69) is 16.6 Å². The zero-order valence-corrected chi connectivity index (χ0v) is 16.3. The fourth-order valence-corrected chi connectivity index (χ4v) is 2.72. The second-order valence-corrected chi connectivity index (χ2v) is 6.44. The van der Waals surface area contributed by atoms with E-state index in [1.165, 1.54) is 17.7 Å². The van der Waals surface area contributed by atoms with Crippen molar-refractivity contribution < 1.29 is 19.4 Å². The standard InChI is InChI=1S/C23H22N2O4/c1-16-4-3-5-18(12-16)15-29-21-11-6-17(13-22(21)28-2)14-24-25-20-9-7-19(8-10-20)23(26)27/h3-14,25H,15H2,1-2H3,(H,26,27)/b24-14+. The molecule has 6 nitrogen and oxygen atoms in total. The summed E-state index contributed by atoms with van der Waals surface area (Å²) in [6.07, 6.45) is 1.65. The molecule has 3 aromatic carbocycles. The molecule has 0 atom stereocenters. The number of anilines is 1. The van der Waals surface area contributed by atoms with Crippen molar-refractivity contribution in [1.29, 1.82) is 0 Å². The summed E-state index contributed by atoms with van der Waals surface area (Å²) >= 11 is 0. The highest BCUT2D eigenvalue weighted by molar-refractivity contribution is 5.88. The number of nitrogens with zero attached hydrogens (tertiary/aromatic N) is 1. The van der Waals surface area contributed by atoms with Gasteiger partial charge in [-0.2, -0.15) is 5.10 Å². The molecule has 6 heteroatoms. The molecule has 0 aliphatic heterocycles.